The molecule has 6 heteroatoms. The Bertz CT molecular complexity index is 846. The maximum Gasteiger partial charge on any atom is 0.271 e. The highest BCUT2D eigenvalue weighted by Crippen LogP contribution is 2.27. The number of nitrogens with one attached hydrogen (secondary N) is 2. The highest BCUT2D eigenvalue weighted by molar-refractivity contribution is 6.30. The van der Waals surface area contributed by atoms with Crippen molar-refractivity contribution in [3.05, 3.63) is 87.7 Å². The summed E-state index contributed by atoms with van der Waals surface area (Å²) < 4.78 is 0. The highest BCUT2D eigenvalue weighted by Gasteiger charge is 2.23. The van der Waals surface area contributed by atoms with Crippen LogP contribution in [0.5, 0.6) is 0 Å². The van der Waals surface area contributed by atoms with Gasteiger partial charge in [0.2, 0.25) is 0 Å². The lowest BCUT2D eigenvalue weighted by molar-refractivity contribution is 0.0929. The van der Waals surface area contributed by atoms with Gasteiger partial charge in [-0.15, -0.1) is 0 Å². The second kappa shape index (κ2) is 8.39. The Morgan fingerprint density at radius 3 is 2.23 bits per heavy atom. The Hall–Kier alpha value is -2.30. The van der Waals surface area contributed by atoms with Crippen LogP contribution < -0.4 is 5.32 Å². The van der Waals surface area contributed by atoms with Crippen LogP contribution in [0.25, 0.3) is 0 Å². The molecule has 0 aliphatic heterocycles. The van der Waals surface area contributed by atoms with Crippen molar-refractivity contribution in [2.75, 3.05) is 0 Å². The minimum atomic E-state index is -0.200. The molecule has 4 nitrogen and oxygen atoms in total. The van der Waals surface area contributed by atoms with Crippen molar-refractivity contribution in [1.29, 1.82) is 0 Å². The van der Waals surface area contributed by atoms with E-state index < -0.39 is 0 Å². The molecule has 1 amide bonds. The van der Waals surface area contributed by atoms with Crippen molar-refractivity contribution in [3.63, 3.8) is 0 Å². The van der Waals surface area contributed by atoms with Gasteiger partial charge in [-0.1, -0.05) is 47.5 Å². The first-order valence-electron chi connectivity index (χ1n) is 8.33. The fourth-order valence-corrected chi connectivity index (χ4v) is 3.19. The number of hydrogen-bond acceptors (Lipinski definition) is 2. The van der Waals surface area contributed by atoms with Crippen LogP contribution in [0.15, 0.2) is 60.8 Å². The lowest BCUT2D eigenvalue weighted by Gasteiger charge is -2.25. The summed E-state index contributed by atoms with van der Waals surface area (Å²) >= 11 is 12.0. The topological polar surface area (TPSA) is 57.8 Å². The Balaban J connectivity index is 1.82. The number of H-pyrrole nitrogens is 1. The molecule has 26 heavy (non-hydrogen) atoms. The normalized spacial score (nSPS) is 13.2. The summed E-state index contributed by atoms with van der Waals surface area (Å²) in [5, 5.41) is 11.0. The van der Waals surface area contributed by atoms with E-state index >= 15 is 0 Å². The van der Waals surface area contributed by atoms with E-state index in [4.69, 9.17) is 23.2 Å². The van der Waals surface area contributed by atoms with Crippen molar-refractivity contribution >= 4 is 29.1 Å². The van der Waals surface area contributed by atoms with E-state index in [9.17, 15) is 4.79 Å². The van der Waals surface area contributed by atoms with Gasteiger partial charge < -0.3 is 5.32 Å². The first-order valence-corrected chi connectivity index (χ1v) is 9.09. The van der Waals surface area contributed by atoms with Gasteiger partial charge in [-0.3, -0.25) is 9.89 Å². The third kappa shape index (κ3) is 4.65. The molecule has 134 valence electrons. The van der Waals surface area contributed by atoms with E-state index in [1.807, 2.05) is 55.5 Å². The van der Waals surface area contributed by atoms with Crippen molar-refractivity contribution in [2.45, 2.75) is 25.3 Å². The second-order valence-electron chi connectivity index (χ2n) is 6.21. The molecule has 2 N–H and O–H groups in total. The Morgan fingerprint density at radius 1 is 1.04 bits per heavy atom. The van der Waals surface area contributed by atoms with Crippen LogP contribution >= 0.6 is 23.2 Å². The number of carbonyl (C=O) groups excluding carboxylic acids is 1. The van der Waals surface area contributed by atoms with Gasteiger partial charge in [0.15, 0.2) is 0 Å². The number of nitrogens with zero attached hydrogens (tertiary/aromatic N) is 1. The van der Waals surface area contributed by atoms with Crippen LogP contribution in [0.1, 0.15) is 34.5 Å². The number of carbonyl (C=O) groups is 1. The molecule has 0 bridgehead atoms. The molecule has 0 saturated carbocycles. The molecule has 0 radical (unpaired) electrons. The minimum absolute atomic E-state index is 0.0799. The summed E-state index contributed by atoms with van der Waals surface area (Å²) in [5.41, 5.74) is 2.63. The molecule has 0 aliphatic carbocycles. The van der Waals surface area contributed by atoms with E-state index in [1.54, 1.807) is 12.3 Å². The zero-order chi connectivity index (χ0) is 18.5. The van der Waals surface area contributed by atoms with Gasteiger partial charge in [-0.05, 0) is 54.8 Å². The predicted molar refractivity (Wildman–Crippen MR) is 105 cm³/mol. The lowest BCUT2D eigenvalue weighted by Crippen LogP contribution is -2.38. The number of hydrogen-bond donors (Lipinski definition) is 2. The lowest BCUT2D eigenvalue weighted by atomic mass is 9.86. The molecule has 1 heterocycles. The first kappa shape index (κ1) is 18.5. The van der Waals surface area contributed by atoms with Gasteiger partial charge in [0, 0.05) is 28.2 Å². The van der Waals surface area contributed by atoms with E-state index in [0.717, 1.165) is 17.5 Å². The van der Waals surface area contributed by atoms with Crippen LogP contribution in [0.2, 0.25) is 10.0 Å². The third-order valence-electron chi connectivity index (χ3n) is 4.36. The minimum Gasteiger partial charge on any atom is -0.348 e. The number of aromatic amines is 1. The van der Waals surface area contributed by atoms with Crippen LogP contribution in [-0.2, 0) is 6.42 Å². The standard InChI is InChI=1S/C20H19Cl2N3O/c1-13(24-20(26)19-10-11-23-25-19)18(15-4-8-17(22)9-5-15)12-14-2-6-16(21)7-3-14/h2-11,13,18H,12H2,1H3,(H,23,25)(H,24,26). The van der Waals surface area contributed by atoms with Gasteiger partial charge in [-0.2, -0.15) is 5.10 Å². The molecule has 3 rings (SSSR count). The smallest absolute Gasteiger partial charge is 0.271 e. The third-order valence-corrected chi connectivity index (χ3v) is 4.87. The Labute approximate surface area is 162 Å². The molecule has 2 aromatic carbocycles. The quantitative estimate of drug-likeness (QED) is 0.634. The second-order valence-corrected chi connectivity index (χ2v) is 7.08. The first-order chi connectivity index (χ1) is 12.5. The fraction of sp³-hybridized carbons (Fsp3) is 0.200. The van der Waals surface area contributed by atoms with Crippen molar-refractivity contribution in [1.82, 2.24) is 15.5 Å². The average molecular weight is 388 g/mol. The molecular formula is C20H19Cl2N3O. The van der Waals surface area contributed by atoms with Gasteiger partial charge >= 0.3 is 0 Å². The van der Waals surface area contributed by atoms with E-state index in [0.29, 0.717) is 15.7 Å². The van der Waals surface area contributed by atoms with Crippen molar-refractivity contribution < 1.29 is 4.79 Å². The van der Waals surface area contributed by atoms with E-state index in [2.05, 4.69) is 15.5 Å². The molecular weight excluding hydrogens is 369 g/mol. The van der Waals surface area contributed by atoms with Crippen molar-refractivity contribution in [3.8, 4) is 0 Å². The zero-order valence-electron chi connectivity index (χ0n) is 14.2. The van der Waals surface area contributed by atoms with Crippen molar-refractivity contribution in [2.24, 2.45) is 0 Å². The summed E-state index contributed by atoms with van der Waals surface area (Å²) in [6, 6.07) is 17.1. The summed E-state index contributed by atoms with van der Waals surface area (Å²) in [5.74, 6) is -0.120. The number of amides is 1. The van der Waals surface area contributed by atoms with Crippen LogP contribution in [-0.4, -0.2) is 22.1 Å². The highest BCUT2D eigenvalue weighted by atomic mass is 35.5. The van der Waals surface area contributed by atoms with E-state index in [-0.39, 0.29) is 17.9 Å². The Morgan fingerprint density at radius 2 is 1.65 bits per heavy atom. The molecule has 2 unspecified atom stereocenters. The molecule has 0 fully saturated rings. The number of rotatable bonds is 6. The number of halogens is 2. The SMILES string of the molecule is CC(NC(=O)c1cc[nH]n1)C(Cc1ccc(Cl)cc1)c1ccc(Cl)cc1. The molecule has 0 aliphatic rings. The molecule has 0 spiro atoms. The monoisotopic (exact) mass is 387 g/mol. The maximum atomic E-state index is 12.4. The average Bonchev–Trinajstić information content (AvgIpc) is 3.17. The molecule has 1 aromatic heterocycles. The predicted octanol–water partition coefficient (Wildman–Crippen LogP) is 4.86. The summed E-state index contributed by atoms with van der Waals surface area (Å²) in [7, 11) is 0. The summed E-state index contributed by atoms with van der Waals surface area (Å²) in [4.78, 5) is 12.4. The van der Waals surface area contributed by atoms with Gasteiger partial charge in [0.05, 0.1) is 0 Å². The Kier molecular flexibility index (Phi) is 5.96. The van der Waals surface area contributed by atoms with Gasteiger partial charge in [0.25, 0.3) is 5.91 Å². The molecule has 2 atom stereocenters. The summed E-state index contributed by atoms with van der Waals surface area (Å²) in [6.07, 6.45) is 2.39. The number of benzene rings is 2. The molecule has 3 aromatic rings. The number of aromatic nitrogens is 2. The maximum absolute atomic E-state index is 12.4. The zero-order valence-corrected chi connectivity index (χ0v) is 15.8. The van der Waals surface area contributed by atoms with Crippen LogP contribution in [0, 0.1) is 0 Å². The van der Waals surface area contributed by atoms with Crippen LogP contribution in [0.4, 0.5) is 0 Å². The summed E-state index contributed by atoms with van der Waals surface area (Å²) in [6.45, 7) is 2.00. The van der Waals surface area contributed by atoms with Gasteiger partial charge in [-0.25, -0.2) is 0 Å². The fourth-order valence-electron chi connectivity index (χ4n) is 2.94. The van der Waals surface area contributed by atoms with E-state index in [1.165, 1.54) is 0 Å². The van der Waals surface area contributed by atoms with Gasteiger partial charge in [0.1, 0.15) is 5.69 Å². The largest absolute Gasteiger partial charge is 0.348 e. The molecule has 0 saturated heterocycles. The van der Waals surface area contributed by atoms with Crippen LogP contribution in [0.3, 0.4) is 0 Å².